The van der Waals surface area contributed by atoms with Crippen molar-refractivity contribution in [1.82, 2.24) is 0 Å². The first-order valence-corrected chi connectivity index (χ1v) is 8.09. The zero-order valence-corrected chi connectivity index (χ0v) is 13.2. The predicted octanol–water partition coefficient (Wildman–Crippen LogP) is 4.57. The lowest BCUT2D eigenvalue weighted by molar-refractivity contribution is -0.119. The normalized spacial score (nSPS) is 20.9. The van der Waals surface area contributed by atoms with Gasteiger partial charge in [0.25, 0.3) is 0 Å². The molecule has 2 heteroatoms. The zero-order chi connectivity index (χ0) is 16.2. The highest BCUT2D eigenvalue weighted by Gasteiger charge is 2.36. The van der Waals surface area contributed by atoms with Gasteiger partial charge in [0.2, 0.25) is 0 Å². The molecule has 0 heterocycles. The number of ketones is 2. The molecule has 0 fully saturated rings. The van der Waals surface area contributed by atoms with Crippen LogP contribution in [0.5, 0.6) is 0 Å². The van der Waals surface area contributed by atoms with E-state index in [0.29, 0.717) is 18.4 Å². The predicted molar refractivity (Wildman–Crippen MR) is 92.1 cm³/mol. The molecular weight excluding hydrogens is 284 g/mol. The lowest BCUT2D eigenvalue weighted by Gasteiger charge is -2.29. The van der Waals surface area contributed by atoms with E-state index in [1.807, 2.05) is 67.6 Å². The maximum Gasteiger partial charge on any atom is 0.167 e. The minimum Gasteiger partial charge on any atom is -0.295 e. The van der Waals surface area contributed by atoms with E-state index >= 15 is 0 Å². The maximum atomic E-state index is 12.9. The molecule has 2 aromatic carbocycles. The highest BCUT2D eigenvalue weighted by atomic mass is 16.1. The number of carbonyl (C=O) groups is 2. The van der Waals surface area contributed by atoms with Crippen LogP contribution in [0.25, 0.3) is 5.57 Å². The highest BCUT2D eigenvalue weighted by molar-refractivity contribution is 6.07. The van der Waals surface area contributed by atoms with Gasteiger partial charge in [-0.2, -0.15) is 0 Å². The fraction of sp³-hybridized carbons (Fsp3) is 0.238. The summed E-state index contributed by atoms with van der Waals surface area (Å²) in [5, 5.41) is 0. The van der Waals surface area contributed by atoms with Crippen molar-refractivity contribution >= 4 is 17.1 Å². The van der Waals surface area contributed by atoms with Gasteiger partial charge in [0.15, 0.2) is 11.6 Å². The smallest absolute Gasteiger partial charge is 0.167 e. The van der Waals surface area contributed by atoms with Crippen molar-refractivity contribution in [3.8, 4) is 0 Å². The van der Waals surface area contributed by atoms with Gasteiger partial charge >= 0.3 is 0 Å². The van der Waals surface area contributed by atoms with Crippen LogP contribution in [-0.2, 0) is 4.79 Å². The summed E-state index contributed by atoms with van der Waals surface area (Å²) in [6.07, 6.45) is 3.06. The molecule has 0 saturated carbocycles. The summed E-state index contributed by atoms with van der Waals surface area (Å²) in [7, 11) is 0. The Morgan fingerprint density at radius 1 is 1.00 bits per heavy atom. The third-order valence-corrected chi connectivity index (χ3v) is 4.59. The number of allylic oxidation sites excluding steroid dienone is 2. The highest BCUT2D eigenvalue weighted by Crippen LogP contribution is 2.36. The first-order chi connectivity index (χ1) is 11.2. The van der Waals surface area contributed by atoms with Crippen molar-refractivity contribution in [3.63, 3.8) is 0 Å². The topological polar surface area (TPSA) is 34.1 Å². The Kier molecular flexibility index (Phi) is 4.52. The van der Waals surface area contributed by atoms with E-state index in [1.54, 1.807) is 6.08 Å². The second kappa shape index (κ2) is 6.74. The first kappa shape index (κ1) is 15.4. The van der Waals surface area contributed by atoms with Crippen LogP contribution in [0.4, 0.5) is 0 Å². The van der Waals surface area contributed by atoms with Crippen LogP contribution in [0.15, 0.2) is 66.7 Å². The first-order valence-electron chi connectivity index (χ1n) is 8.09. The van der Waals surface area contributed by atoms with Crippen molar-refractivity contribution in [3.05, 3.63) is 77.9 Å². The van der Waals surface area contributed by atoms with Crippen molar-refractivity contribution in [2.75, 3.05) is 0 Å². The molecule has 3 rings (SSSR count). The van der Waals surface area contributed by atoms with Gasteiger partial charge in [0, 0.05) is 17.4 Å². The van der Waals surface area contributed by atoms with E-state index in [-0.39, 0.29) is 23.4 Å². The van der Waals surface area contributed by atoms with E-state index in [1.165, 1.54) is 0 Å². The Labute approximate surface area is 136 Å². The second-order valence-electron chi connectivity index (χ2n) is 5.99. The summed E-state index contributed by atoms with van der Waals surface area (Å²) >= 11 is 0. The SMILES string of the molecule is CC[C@H]1C(=O)C=C(c2ccccc2)C[C@@H]1C(=O)c1ccccc1. The number of Topliss-reactive ketones (excluding diaryl/α,β-unsaturated/α-hetero) is 1. The average Bonchev–Trinajstić information content (AvgIpc) is 2.62. The molecule has 0 radical (unpaired) electrons. The fourth-order valence-corrected chi connectivity index (χ4v) is 3.35. The zero-order valence-electron chi connectivity index (χ0n) is 13.2. The van der Waals surface area contributed by atoms with Gasteiger partial charge in [-0.05, 0) is 30.1 Å². The molecule has 0 bridgehead atoms. The summed E-state index contributed by atoms with van der Waals surface area (Å²) in [6.45, 7) is 1.98. The van der Waals surface area contributed by atoms with Gasteiger partial charge in [-0.1, -0.05) is 67.6 Å². The van der Waals surface area contributed by atoms with Gasteiger partial charge in [0.1, 0.15) is 0 Å². The molecule has 0 amide bonds. The van der Waals surface area contributed by atoms with Crippen molar-refractivity contribution in [2.45, 2.75) is 19.8 Å². The van der Waals surface area contributed by atoms with Crippen molar-refractivity contribution in [2.24, 2.45) is 11.8 Å². The molecule has 0 spiro atoms. The van der Waals surface area contributed by atoms with Crippen LogP contribution < -0.4 is 0 Å². The molecule has 0 N–H and O–H groups in total. The van der Waals surface area contributed by atoms with E-state index in [9.17, 15) is 9.59 Å². The minimum absolute atomic E-state index is 0.0758. The molecular formula is C21H20O2. The molecule has 0 aromatic heterocycles. The average molecular weight is 304 g/mol. The summed E-state index contributed by atoms with van der Waals surface area (Å²) in [5.74, 6) is -0.329. The quantitative estimate of drug-likeness (QED) is 0.775. The molecule has 1 aliphatic rings. The Morgan fingerprint density at radius 3 is 2.22 bits per heavy atom. The number of benzene rings is 2. The Balaban J connectivity index is 1.95. The van der Waals surface area contributed by atoms with Crippen LogP contribution in [0.2, 0.25) is 0 Å². The van der Waals surface area contributed by atoms with Crippen LogP contribution >= 0.6 is 0 Å². The van der Waals surface area contributed by atoms with Gasteiger partial charge in [-0.3, -0.25) is 9.59 Å². The number of rotatable bonds is 4. The van der Waals surface area contributed by atoms with Gasteiger partial charge in [0.05, 0.1) is 0 Å². The lowest BCUT2D eigenvalue weighted by Crippen LogP contribution is -2.32. The molecule has 2 aromatic rings. The minimum atomic E-state index is -0.268. The van der Waals surface area contributed by atoms with Crippen LogP contribution in [0.3, 0.4) is 0 Å². The standard InChI is InChI=1S/C21H20O2/c1-2-18-19(21(23)16-11-7-4-8-12-16)13-17(14-20(18)22)15-9-5-3-6-10-15/h3-12,14,18-19H,2,13H2,1H3/t18-,19+/m1/s1. The number of hydrogen-bond donors (Lipinski definition) is 0. The molecule has 0 unspecified atom stereocenters. The van der Waals surface area contributed by atoms with Crippen molar-refractivity contribution in [1.29, 1.82) is 0 Å². The summed E-state index contributed by atoms with van der Waals surface area (Å²) < 4.78 is 0. The monoisotopic (exact) mass is 304 g/mol. The van der Waals surface area contributed by atoms with Crippen LogP contribution in [0.1, 0.15) is 35.7 Å². The summed E-state index contributed by atoms with van der Waals surface area (Å²) in [6, 6.07) is 19.2. The van der Waals surface area contributed by atoms with E-state index in [4.69, 9.17) is 0 Å². The third-order valence-electron chi connectivity index (χ3n) is 4.59. The van der Waals surface area contributed by atoms with Gasteiger partial charge < -0.3 is 0 Å². The molecule has 0 aliphatic heterocycles. The number of hydrogen-bond acceptors (Lipinski definition) is 2. The second-order valence-corrected chi connectivity index (χ2v) is 5.99. The van der Waals surface area contributed by atoms with Crippen molar-refractivity contribution < 1.29 is 9.59 Å². The molecule has 0 saturated heterocycles. The van der Waals surface area contributed by atoms with Crippen LogP contribution in [0, 0.1) is 11.8 Å². The van der Waals surface area contributed by atoms with E-state index in [2.05, 4.69) is 0 Å². The summed E-state index contributed by atoms with van der Waals surface area (Å²) in [5.41, 5.74) is 2.69. The fourth-order valence-electron chi connectivity index (χ4n) is 3.35. The third kappa shape index (κ3) is 3.16. The van der Waals surface area contributed by atoms with Crippen LogP contribution in [-0.4, -0.2) is 11.6 Å². The molecule has 1 aliphatic carbocycles. The van der Waals surface area contributed by atoms with Gasteiger partial charge in [-0.15, -0.1) is 0 Å². The molecule has 2 nitrogen and oxygen atoms in total. The van der Waals surface area contributed by atoms with E-state index in [0.717, 1.165) is 11.1 Å². The lowest BCUT2D eigenvalue weighted by atomic mass is 9.72. The number of carbonyl (C=O) groups excluding carboxylic acids is 2. The maximum absolute atomic E-state index is 12.9. The Hall–Kier alpha value is -2.48. The largest absolute Gasteiger partial charge is 0.295 e. The van der Waals surface area contributed by atoms with Gasteiger partial charge in [-0.25, -0.2) is 0 Å². The Bertz CT molecular complexity index is 729. The molecule has 2 atom stereocenters. The molecule has 116 valence electrons. The molecule has 23 heavy (non-hydrogen) atoms. The summed E-state index contributed by atoms with van der Waals surface area (Å²) in [4.78, 5) is 25.4. The van der Waals surface area contributed by atoms with E-state index < -0.39 is 0 Å². The Morgan fingerprint density at radius 2 is 1.61 bits per heavy atom.